The summed E-state index contributed by atoms with van der Waals surface area (Å²) in [5.41, 5.74) is 6.29. The van der Waals surface area contributed by atoms with Crippen molar-refractivity contribution in [1.29, 1.82) is 0 Å². The smallest absolute Gasteiger partial charge is 0.255 e. The van der Waals surface area contributed by atoms with E-state index in [-0.39, 0.29) is 11.0 Å². The summed E-state index contributed by atoms with van der Waals surface area (Å²) < 4.78 is 6.89. The standard InChI is InChI=1S/C11H16N2O2/c1-11(7-15-8-11)6-13-4-2-3-9(5-12)10(13)14/h2-4H,5-8,12H2,1H3. The van der Waals surface area contributed by atoms with E-state index in [1.54, 1.807) is 10.6 Å². The van der Waals surface area contributed by atoms with Crippen LogP contribution in [0.25, 0.3) is 0 Å². The van der Waals surface area contributed by atoms with Gasteiger partial charge >= 0.3 is 0 Å². The highest BCUT2D eigenvalue weighted by Gasteiger charge is 2.33. The van der Waals surface area contributed by atoms with Crippen molar-refractivity contribution >= 4 is 0 Å². The molecule has 82 valence electrons. The normalized spacial score (nSPS) is 18.5. The summed E-state index contributed by atoms with van der Waals surface area (Å²) >= 11 is 0. The lowest BCUT2D eigenvalue weighted by molar-refractivity contribution is -0.110. The average molecular weight is 208 g/mol. The highest BCUT2D eigenvalue weighted by atomic mass is 16.5. The third kappa shape index (κ3) is 1.96. The van der Waals surface area contributed by atoms with E-state index in [2.05, 4.69) is 6.92 Å². The van der Waals surface area contributed by atoms with Crippen molar-refractivity contribution in [2.24, 2.45) is 11.1 Å². The quantitative estimate of drug-likeness (QED) is 0.779. The molecule has 0 saturated carbocycles. The number of nitrogens with zero attached hydrogens (tertiary/aromatic N) is 1. The molecular weight excluding hydrogens is 192 g/mol. The number of aromatic nitrogens is 1. The molecule has 15 heavy (non-hydrogen) atoms. The predicted octanol–water partition coefficient (Wildman–Crippen LogP) is 0.344. The van der Waals surface area contributed by atoms with Crippen LogP contribution in [0, 0.1) is 5.41 Å². The van der Waals surface area contributed by atoms with Gasteiger partial charge in [0.25, 0.3) is 5.56 Å². The maximum absolute atomic E-state index is 11.9. The molecule has 1 aromatic rings. The lowest BCUT2D eigenvalue weighted by Gasteiger charge is -2.38. The molecule has 0 atom stereocenters. The SMILES string of the molecule is CC1(Cn2cccc(CN)c2=O)COC1. The summed E-state index contributed by atoms with van der Waals surface area (Å²) in [6.07, 6.45) is 1.81. The first-order valence-electron chi connectivity index (χ1n) is 5.11. The summed E-state index contributed by atoms with van der Waals surface area (Å²) in [5.74, 6) is 0. The van der Waals surface area contributed by atoms with Crippen LogP contribution in [0.3, 0.4) is 0 Å². The zero-order valence-electron chi connectivity index (χ0n) is 8.90. The van der Waals surface area contributed by atoms with E-state index in [1.807, 2.05) is 12.3 Å². The van der Waals surface area contributed by atoms with Gasteiger partial charge in [-0.15, -0.1) is 0 Å². The van der Waals surface area contributed by atoms with Crippen molar-refractivity contribution in [2.45, 2.75) is 20.0 Å². The summed E-state index contributed by atoms with van der Waals surface area (Å²) in [4.78, 5) is 11.9. The Morgan fingerprint density at radius 1 is 1.60 bits per heavy atom. The molecule has 4 nitrogen and oxygen atoms in total. The molecule has 1 fully saturated rings. The summed E-state index contributed by atoms with van der Waals surface area (Å²) in [7, 11) is 0. The molecule has 1 aliphatic heterocycles. The molecule has 4 heteroatoms. The fraction of sp³-hybridized carbons (Fsp3) is 0.545. The van der Waals surface area contributed by atoms with Crippen molar-refractivity contribution in [1.82, 2.24) is 4.57 Å². The van der Waals surface area contributed by atoms with Crippen molar-refractivity contribution in [3.63, 3.8) is 0 Å². The molecule has 1 saturated heterocycles. The Morgan fingerprint density at radius 3 is 2.87 bits per heavy atom. The molecule has 0 unspecified atom stereocenters. The van der Waals surface area contributed by atoms with Gasteiger partial charge < -0.3 is 15.0 Å². The molecule has 2 N–H and O–H groups in total. The van der Waals surface area contributed by atoms with E-state index in [0.717, 1.165) is 13.2 Å². The average Bonchev–Trinajstić information content (AvgIpc) is 2.19. The molecular formula is C11H16N2O2. The van der Waals surface area contributed by atoms with Gasteiger partial charge in [-0.2, -0.15) is 0 Å². The van der Waals surface area contributed by atoms with Crippen LogP contribution in [0.15, 0.2) is 23.1 Å². The minimum absolute atomic E-state index is 0.0214. The molecule has 1 aliphatic rings. The molecule has 0 aliphatic carbocycles. The second-order valence-electron chi connectivity index (χ2n) is 4.47. The van der Waals surface area contributed by atoms with Crippen molar-refractivity contribution < 1.29 is 4.74 Å². The largest absolute Gasteiger partial charge is 0.380 e. The summed E-state index contributed by atoms with van der Waals surface area (Å²) in [6, 6.07) is 3.64. The number of pyridine rings is 1. The summed E-state index contributed by atoms with van der Waals surface area (Å²) in [5, 5.41) is 0. The van der Waals surface area contributed by atoms with Gasteiger partial charge in [0, 0.05) is 30.3 Å². The molecule has 2 heterocycles. The van der Waals surface area contributed by atoms with E-state index in [0.29, 0.717) is 18.7 Å². The van der Waals surface area contributed by atoms with Crippen LogP contribution in [-0.2, 0) is 17.8 Å². The third-order valence-electron chi connectivity index (χ3n) is 2.77. The third-order valence-corrected chi connectivity index (χ3v) is 2.77. The van der Waals surface area contributed by atoms with Gasteiger partial charge in [-0.05, 0) is 6.07 Å². The van der Waals surface area contributed by atoms with Crippen LogP contribution in [0.5, 0.6) is 0 Å². The van der Waals surface area contributed by atoms with Crippen LogP contribution >= 0.6 is 0 Å². The van der Waals surface area contributed by atoms with E-state index in [4.69, 9.17) is 10.5 Å². The molecule has 0 aromatic carbocycles. The zero-order valence-corrected chi connectivity index (χ0v) is 8.90. The lowest BCUT2D eigenvalue weighted by atomic mass is 9.88. The van der Waals surface area contributed by atoms with Crippen molar-refractivity contribution in [3.05, 3.63) is 34.2 Å². The summed E-state index contributed by atoms with van der Waals surface area (Å²) in [6.45, 7) is 4.59. The van der Waals surface area contributed by atoms with Gasteiger partial charge in [-0.3, -0.25) is 4.79 Å². The minimum Gasteiger partial charge on any atom is -0.380 e. The van der Waals surface area contributed by atoms with Gasteiger partial charge in [0.1, 0.15) is 0 Å². The van der Waals surface area contributed by atoms with E-state index < -0.39 is 0 Å². The molecule has 0 amide bonds. The van der Waals surface area contributed by atoms with E-state index in [9.17, 15) is 4.79 Å². The Bertz CT molecular complexity index is 407. The molecule has 1 aromatic heterocycles. The second-order valence-corrected chi connectivity index (χ2v) is 4.47. The van der Waals surface area contributed by atoms with E-state index >= 15 is 0 Å². The number of ether oxygens (including phenoxy) is 1. The number of nitrogens with two attached hydrogens (primary N) is 1. The van der Waals surface area contributed by atoms with Gasteiger partial charge in [0.05, 0.1) is 13.2 Å². The molecule has 2 rings (SSSR count). The zero-order chi connectivity index (χ0) is 10.9. The molecule has 0 bridgehead atoms. The van der Waals surface area contributed by atoms with Gasteiger partial charge in [-0.25, -0.2) is 0 Å². The Labute approximate surface area is 88.7 Å². The number of rotatable bonds is 3. The van der Waals surface area contributed by atoms with Crippen LogP contribution in [-0.4, -0.2) is 17.8 Å². The molecule has 0 spiro atoms. The Kier molecular flexibility index (Phi) is 2.63. The molecule has 0 radical (unpaired) electrons. The first kappa shape index (κ1) is 10.4. The number of hydrogen-bond acceptors (Lipinski definition) is 3. The van der Waals surface area contributed by atoms with Crippen LogP contribution in [0.1, 0.15) is 12.5 Å². The highest BCUT2D eigenvalue weighted by molar-refractivity contribution is 5.10. The maximum Gasteiger partial charge on any atom is 0.255 e. The van der Waals surface area contributed by atoms with Crippen LogP contribution in [0.4, 0.5) is 0 Å². The Hall–Kier alpha value is -1.13. The Morgan fingerprint density at radius 2 is 2.33 bits per heavy atom. The predicted molar refractivity (Wildman–Crippen MR) is 57.5 cm³/mol. The van der Waals surface area contributed by atoms with Gasteiger partial charge in [-0.1, -0.05) is 13.0 Å². The topological polar surface area (TPSA) is 57.2 Å². The minimum atomic E-state index is 0.0214. The first-order chi connectivity index (χ1) is 7.14. The lowest BCUT2D eigenvalue weighted by Crippen LogP contribution is -2.45. The van der Waals surface area contributed by atoms with E-state index in [1.165, 1.54) is 0 Å². The number of hydrogen-bond donors (Lipinski definition) is 1. The van der Waals surface area contributed by atoms with Crippen LogP contribution < -0.4 is 11.3 Å². The maximum atomic E-state index is 11.9. The second kappa shape index (κ2) is 3.79. The first-order valence-corrected chi connectivity index (χ1v) is 5.11. The fourth-order valence-corrected chi connectivity index (χ4v) is 1.82. The highest BCUT2D eigenvalue weighted by Crippen LogP contribution is 2.27. The monoisotopic (exact) mass is 208 g/mol. The Balaban J connectivity index is 2.25. The van der Waals surface area contributed by atoms with Gasteiger partial charge in [0.2, 0.25) is 0 Å². The van der Waals surface area contributed by atoms with Crippen molar-refractivity contribution in [2.75, 3.05) is 13.2 Å². The van der Waals surface area contributed by atoms with Crippen molar-refractivity contribution in [3.8, 4) is 0 Å². The van der Waals surface area contributed by atoms with Crippen LogP contribution in [0.2, 0.25) is 0 Å². The fourth-order valence-electron chi connectivity index (χ4n) is 1.82. The van der Waals surface area contributed by atoms with Gasteiger partial charge in [0.15, 0.2) is 0 Å².